The van der Waals surface area contributed by atoms with Crippen molar-refractivity contribution in [3.8, 4) is 5.75 Å². The van der Waals surface area contributed by atoms with E-state index in [1.165, 1.54) is 7.11 Å². The van der Waals surface area contributed by atoms with Crippen molar-refractivity contribution in [2.45, 2.75) is 5.38 Å². The van der Waals surface area contributed by atoms with Crippen molar-refractivity contribution in [3.63, 3.8) is 0 Å². The van der Waals surface area contributed by atoms with Gasteiger partial charge in [-0.05, 0) is 39.7 Å². The van der Waals surface area contributed by atoms with Gasteiger partial charge >= 0.3 is 0 Å². The maximum Gasteiger partial charge on any atom is 0.161 e. The van der Waals surface area contributed by atoms with Crippen LogP contribution in [-0.4, -0.2) is 7.11 Å². The second-order valence-corrected chi connectivity index (χ2v) is 5.34. The van der Waals surface area contributed by atoms with Crippen molar-refractivity contribution in [3.05, 3.63) is 63.4 Å². The van der Waals surface area contributed by atoms with Gasteiger partial charge in [-0.2, -0.15) is 0 Å². The van der Waals surface area contributed by atoms with Gasteiger partial charge < -0.3 is 4.74 Å². The molecule has 2 aromatic carbocycles. The zero-order valence-electron chi connectivity index (χ0n) is 10.3. The number of halogens is 5. The first-order valence-corrected chi connectivity index (χ1v) is 6.79. The highest BCUT2D eigenvalue weighted by Crippen LogP contribution is 2.35. The second kappa shape index (κ2) is 6.06. The van der Waals surface area contributed by atoms with E-state index in [4.69, 9.17) is 16.3 Å². The monoisotopic (exact) mass is 364 g/mol. The van der Waals surface area contributed by atoms with E-state index < -0.39 is 22.8 Å². The highest BCUT2D eigenvalue weighted by Gasteiger charge is 2.19. The summed E-state index contributed by atoms with van der Waals surface area (Å²) in [6.45, 7) is 0. The van der Waals surface area contributed by atoms with Crippen LogP contribution in [0, 0.1) is 17.5 Å². The zero-order chi connectivity index (χ0) is 14.9. The summed E-state index contributed by atoms with van der Waals surface area (Å²) in [5.74, 6) is -2.69. The van der Waals surface area contributed by atoms with Crippen molar-refractivity contribution >= 4 is 27.5 Å². The Bertz CT molecular complexity index is 649. The lowest BCUT2D eigenvalue weighted by molar-refractivity contribution is 0.412. The fourth-order valence-corrected chi connectivity index (χ4v) is 2.61. The normalized spacial score (nSPS) is 12.3. The van der Waals surface area contributed by atoms with Gasteiger partial charge in [0.05, 0.1) is 17.0 Å². The van der Waals surface area contributed by atoms with Crippen LogP contribution >= 0.6 is 27.5 Å². The van der Waals surface area contributed by atoms with Crippen LogP contribution in [0.15, 0.2) is 34.8 Å². The summed E-state index contributed by atoms with van der Waals surface area (Å²) >= 11 is 9.42. The Labute approximate surface area is 127 Å². The second-order valence-electron chi connectivity index (χ2n) is 4.04. The molecule has 0 aliphatic rings. The largest absolute Gasteiger partial charge is 0.496 e. The molecule has 2 rings (SSSR count). The molecule has 0 saturated heterocycles. The molecule has 0 radical (unpaired) electrons. The highest BCUT2D eigenvalue weighted by atomic mass is 79.9. The number of rotatable bonds is 3. The standard InChI is InChI=1S/C14H9BrClF3O/c1-20-13-3-2-7(4-9(13)15)14(16)8-5-11(18)12(19)6-10(8)17/h2-6,14H,1H3. The molecule has 2 aromatic rings. The first-order valence-electron chi connectivity index (χ1n) is 5.56. The van der Waals surface area contributed by atoms with Gasteiger partial charge in [0.25, 0.3) is 0 Å². The van der Waals surface area contributed by atoms with Gasteiger partial charge in [-0.1, -0.05) is 6.07 Å². The smallest absolute Gasteiger partial charge is 0.161 e. The van der Waals surface area contributed by atoms with Crippen molar-refractivity contribution in [1.82, 2.24) is 0 Å². The van der Waals surface area contributed by atoms with E-state index >= 15 is 0 Å². The van der Waals surface area contributed by atoms with Gasteiger partial charge in [-0.3, -0.25) is 0 Å². The number of hydrogen-bond acceptors (Lipinski definition) is 1. The quantitative estimate of drug-likeness (QED) is 0.536. The summed E-state index contributed by atoms with van der Waals surface area (Å²) in [5, 5.41) is -0.938. The van der Waals surface area contributed by atoms with Crippen LogP contribution in [0.2, 0.25) is 0 Å². The molecule has 0 amide bonds. The van der Waals surface area contributed by atoms with E-state index in [0.29, 0.717) is 21.9 Å². The third kappa shape index (κ3) is 2.94. The average molecular weight is 366 g/mol. The average Bonchev–Trinajstić information content (AvgIpc) is 2.42. The summed E-state index contributed by atoms with van der Waals surface area (Å²) < 4.78 is 45.5. The maximum atomic E-state index is 13.7. The van der Waals surface area contributed by atoms with Crippen LogP contribution in [0.25, 0.3) is 0 Å². The molecule has 0 heterocycles. The number of alkyl halides is 1. The molecule has 0 aliphatic heterocycles. The van der Waals surface area contributed by atoms with E-state index in [1.807, 2.05) is 0 Å². The predicted molar refractivity (Wildman–Crippen MR) is 74.7 cm³/mol. The molecular formula is C14H9BrClF3O. The van der Waals surface area contributed by atoms with Crippen molar-refractivity contribution in [2.75, 3.05) is 7.11 Å². The Morgan fingerprint density at radius 3 is 2.30 bits per heavy atom. The van der Waals surface area contributed by atoms with Crippen LogP contribution in [-0.2, 0) is 0 Å². The Kier molecular flexibility index (Phi) is 4.60. The number of methoxy groups -OCH3 is 1. The molecule has 0 N–H and O–H groups in total. The Morgan fingerprint density at radius 1 is 1.05 bits per heavy atom. The molecule has 0 fully saturated rings. The van der Waals surface area contributed by atoms with Gasteiger partial charge in [0.2, 0.25) is 0 Å². The highest BCUT2D eigenvalue weighted by molar-refractivity contribution is 9.10. The Morgan fingerprint density at radius 2 is 1.70 bits per heavy atom. The molecule has 0 aliphatic carbocycles. The minimum absolute atomic E-state index is 0.123. The van der Waals surface area contributed by atoms with Crippen LogP contribution in [0.1, 0.15) is 16.5 Å². The molecule has 20 heavy (non-hydrogen) atoms. The van der Waals surface area contributed by atoms with Gasteiger partial charge in [0.15, 0.2) is 11.6 Å². The van der Waals surface area contributed by atoms with E-state index in [-0.39, 0.29) is 5.56 Å². The minimum Gasteiger partial charge on any atom is -0.496 e. The molecular weight excluding hydrogens is 357 g/mol. The first kappa shape index (κ1) is 15.2. The van der Waals surface area contributed by atoms with Crippen molar-refractivity contribution in [1.29, 1.82) is 0 Å². The molecule has 1 nitrogen and oxygen atoms in total. The summed E-state index contributed by atoms with van der Waals surface area (Å²) in [6.07, 6.45) is 0. The summed E-state index contributed by atoms with van der Waals surface area (Å²) in [6, 6.07) is 6.16. The molecule has 0 aromatic heterocycles. The van der Waals surface area contributed by atoms with Crippen molar-refractivity contribution in [2.24, 2.45) is 0 Å². The predicted octanol–water partition coefficient (Wildman–Crippen LogP) is 5.20. The SMILES string of the molecule is COc1ccc(C(Cl)c2cc(F)c(F)cc2F)cc1Br. The lowest BCUT2D eigenvalue weighted by Crippen LogP contribution is -2.00. The minimum atomic E-state index is -1.24. The maximum absolute atomic E-state index is 13.7. The third-order valence-electron chi connectivity index (χ3n) is 2.78. The Hall–Kier alpha value is -1.20. The summed E-state index contributed by atoms with van der Waals surface area (Å²) in [5.41, 5.74) is 0.409. The lowest BCUT2D eigenvalue weighted by Gasteiger charge is -2.13. The van der Waals surface area contributed by atoms with E-state index in [0.717, 1.165) is 6.07 Å². The number of hydrogen-bond donors (Lipinski definition) is 0. The van der Waals surface area contributed by atoms with Crippen LogP contribution in [0.3, 0.4) is 0 Å². The molecule has 1 unspecified atom stereocenters. The van der Waals surface area contributed by atoms with E-state index in [1.54, 1.807) is 18.2 Å². The molecule has 6 heteroatoms. The van der Waals surface area contributed by atoms with Gasteiger partial charge in [0.1, 0.15) is 11.6 Å². The van der Waals surface area contributed by atoms with Gasteiger partial charge in [-0.15, -0.1) is 11.6 Å². The summed E-state index contributed by atoms with van der Waals surface area (Å²) in [7, 11) is 1.51. The van der Waals surface area contributed by atoms with Crippen molar-refractivity contribution < 1.29 is 17.9 Å². The number of ether oxygens (including phenoxy) is 1. The van der Waals surface area contributed by atoms with Gasteiger partial charge in [-0.25, -0.2) is 13.2 Å². The molecule has 106 valence electrons. The molecule has 0 bridgehead atoms. The molecule has 0 spiro atoms. The third-order valence-corrected chi connectivity index (χ3v) is 3.89. The van der Waals surface area contributed by atoms with Crippen LogP contribution in [0.4, 0.5) is 13.2 Å². The topological polar surface area (TPSA) is 9.23 Å². The van der Waals surface area contributed by atoms with Gasteiger partial charge in [0, 0.05) is 11.6 Å². The molecule has 0 saturated carbocycles. The first-order chi connectivity index (χ1) is 9.43. The Balaban J connectivity index is 2.43. The van der Waals surface area contributed by atoms with E-state index in [2.05, 4.69) is 15.9 Å². The van der Waals surface area contributed by atoms with E-state index in [9.17, 15) is 13.2 Å². The molecule has 1 atom stereocenters. The summed E-state index contributed by atoms with van der Waals surface area (Å²) in [4.78, 5) is 0. The zero-order valence-corrected chi connectivity index (χ0v) is 12.6. The fourth-order valence-electron chi connectivity index (χ4n) is 1.75. The number of benzene rings is 2. The lowest BCUT2D eigenvalue weighted by atomic mass is 10.0. The van der Waals surface area contributed by atoms with Crippen LogP contribution in [0.5, 0.6) is 5.75 Å². The van der Waals surface area contributed by atoms with Crippen LogP contribution < -0.4 is 4.74 Å². The fraction of sp³-hybridized carbons (Fsp3) is 0.143.